The summed E-state index contributed by atoms with van der Waals surface area (Å²) in [5.41, 5.74) is 3.47. The van der Waals surface area contributed by atoms with E-state index < -0.39 is 31.7 Å². The topological polar surface area (TPSA) is 139 Å². The molecule has 1 N–H and O–H groups in total. The van der Waals surface area contributed by atoms with Crippen LogP contribution in [-0.2, 0) is 31.6 Å². The van der Waals surface area contributed by atoms with Gasteiger partial charge in [0, 0.05) is 62.6 Å². The summed E-state index contributed by atoms with van der Waals surface area (Å²) in [5, 5.41) is 0. The lowest BCUT2D eigenvalue weighted by molar-refractivity contribution is -0.697. The molecule has 0 bridgehead atoms. The standard InChI is InChI=1S/C35H55N3O7S2/c1-3-5-7-9-24-37(25-10-8-6-4-2)34-19-17-32(18-20-34)15-16-33-21-28-36(29-22-33)23-11-14-35(39)38(26-12-30-46(40,41)42)27-13-31-47(43,44)45/h15-22,28-29H,3-14,23-27,30-31H2,1-2H3,(H-,40,41,42,43,44,45). The van der Waals surface area contributed by atoms with Gasteiger partial charge < -0.3 is 14.4 Å². The van der Waals surface area contributed by atoms with Crippen molar-refractivity contribution < 1.29 is 35.3 Å². The van der Waals surface area contributed by atoms with Gasteiger partial charge in [0.05, 0.1) is 15.9 Å². The lowest BCUT2D eigenvalue weighted by atomic mass is 10.1. The number of benzene rings is 1. The van der Waals surface area contributed by atoms with E-state index in [1.807, 2.05) is 29.1 Å². The maximum absolute atomic E-state index is 12.8. The summed E-state index contributed by atoms with van der Waals surface area (Å²) < 4.78 is 65.8. The highest BCUT2D eigenvalue weighted by atomic mass is 32.2. The second kappa shape index (κ2) is 22.0. The molecule has 0 fully saturated rings. The third kappa shape index (κ3) is 19.0. The highest BCUT2D eigenvalue weighted by molar-refractivity contribution is 7.85. The highest BCUT2D eigenvalue weighted by Gasteiger charge is 2.16. The highest BCUT2D eigenvalue weighted by Crippen LogP contribution is 2.19. The van der Waals surface area contributed by atoms with Crippen molar-refractivity contribution in [1.29, 1.82) is 0 Å². The number of aromatic nitrogens is 1. The van der Waals surface area contributed by atoms with Gasteiger partial charge in [-0.1, -0.05) is 76.7 Å². The van der Waals surface area contributed by atoms with Crippen LogP contribution >= 0.6 is 0 Å². The summed E-state index contributed by atoms with van der Waals surface area (Å²) >= 11 is 0. The molecule has 1 aromatic heterocycles. The van der Waals surface area contributed by atoms with Crippen LogP contribution in [-0.4, -0.2) is 74.4 Å². The van der Waals surface area contributed by atoms with Crippen LogP contribution < -0.4 is 9.47 Å². The Morgan fingerprint density at radius 2 is 1.26 bits per heavy atom. The number of hydrogen-bond acceptors (Lipinski definition) is 7. The third-order valence-corrected chi connectivity index (χ3v) is 9.61. The number of carbonyl (C=O) groups is 1. The molecule has 0 unspecified atom stereocenters. The average Bonchev–Trinajstić information content (AvgIpc) is 3.02. The molecule has 10 nitrogen and oxygen atoms in total. The van der Waals surface area contributed by atoms with Crippen LogP contribution in [0.3, 0.4) is 0 Å². The maximum atomic E-state index is 12.8. The van der Waals surface area contributed by atoms with Crippen LogP contribution in [0, 0.1) is 0 Å². The van der Waals surface area contributed by atoms with Gasteiger partial charge in [0.1, 0.15) is 6.54 Å². The van der Waals surface area contributed by atoms with Crippen molar-refractivity contribution in [2.75, 3.05) is 42.6 Å². The first-order valence-corrected chi connectivity index (χ1v) is 20.3. The van der Waals surface area contributed by atoms with E-state index in [-0.39, 0.29) is 38.3 Å². The molecule has 47 heavy (non-hydrogen) atoms. The van der Waals surface area contributed by atoms with Crippen molar-refractivity contribution in [2.45, 2.75) is 97.4 Å². The van der Waals surface area contributed by atoms with Crippen molar-refractivity contribution in [3.63, 3.8) is 0 Å². The molecule has 264 valence electrons. The second-order valence-corrected chi connectivity index (χ2v) is 15.2. The van der Waals surface area contributed by atoms with E-state index in [9.17, 15) is 26.2 Å². The van der Waals surface area contributed by atoms with Crippen LogP contribution in [0.1, 0.15) is 102 Å². The quantitative estimate of drug-likeness (QED) is 0.0767. The minimum absolute atomic E-state index is 0.0132. The van der Waals surface area contributed by atoms with E-state index >= 15 is 0 Å². The molecule has 0 saturated carbocycles. The summed E-state index contributed by atoms with van der Waals surface area (Å²) in [6, 6.07) is 12.8. The summed E-state index contributed by atoms with van der Waals surface area (Å²) in [4.78, 5) is 16.7. The molecule has 0 radical (unpaired) electrons. The van der Waals surface area contributed by atoms with Crippen molar-refractivity contribution in [3.05, 3.63) is 59.9 Å². The molecule has 12 heteroatoms. The third-order valence-electron chi connectivity index (χ3n) is 8.02. The summed E-state index contributed by atoms with van der Waals surface area (Å²) in [6.45, 7) is 7.35. The molecule has 0 saturated heterocycles. The van der Waals surface area contributed by atoms with E-state index in [0.29, 0.717) is 13.0 Å². The first-order valence-electron chi connectivity index (χ1n) is 17.1. The van der Waals surface area contributed by atoms with Crippen LogP contribution in [0.4, 0.5) is 5.69 Å². The maximum Gasteiger partial charge on any atom is 0.264 e. The molecule has 0 aliphatic heterocycles. The first-order chi connectivity index (χ1) is 22.4. The largest absolute Gasteiger partial charge is 0.748 e. The summed E-state index contributed by atoms with van der Waals surface area (Å²) in [6.07, 6.45) is 18.8. The van der Waals surface area contributed by atoms with Crippen LogP contribution in [0.25, 0.3) is 12.2 Å². The minimum Gasteiger partial charge on any atom is -0.748 e. The number of pyridine rings is 1. The number of rotatable bonds is 25. The predicted octanol–water partition coefficient (Wildman–Crippen LogP) is 5.93. The van der Waals surface area contributed by atoms with Crippen molar-refractivity contribution in [2.24, 2.45) is 0 Å². The van der Waals surface area contributed by atoms with Crippen molar-refractivity contribution in [3.8, 4) is 0 Å². The van der Waals surface area contributed by atoms with Gasteiger partial charge in [0.15, 0.2) is 12.4 Å². The van der Waals surface area contributed by atoms with Crippen molar-refractivity contribution in [1.82, 2.24) is 4.90 Å². The molecule has 1 heterocycles. The Kier molecular flexibility index (Phi) is 18.9. The van der Waals surface area contributed by atoms with Crippen LogP contribution in [0.5, 0.6) is 0 Å². The van der Waals surface area contributed by atoms with E-state index in [1.54, 1.807) is 0 Å². The monoisotopic (exact) mass is 693 g/mol. The van der Waals surface area contributed by atoms with Gasteiger partial charge in [-0.3, -0.25) is 9.35 Å². The van der Waals surface area contributed by atoms with Gasteiger partial charge in [0.2, 0.25) is 5.91 Å². The number of hydrogen-bond donors (Lipinski definition) is 1. The fourth-order valence-electron chi connectivity index (χ4n) is 5.35. The Bertz CT molecular complexity index is 1360. The molecular weight excluding hydrogens is 639 g/mol. The predicted molar refractivity (Wildman–Crippen MR) is 189 cm³/mol. The minimum atomic E-state index is -4.41. The number of nitrogens with zero attached hydrogens (tertiary/aromatic N) is 3. The Morgan fingerprint density at radius 1 is 0.723 bits per heavy atom. The summed E-state index contributed by atoms with van der Waals surface area (Å²) in [7, 11) is -8.59. The van der Waals surface area contributed by atoms with Crippen LogP contribution in [0.15, 0.2) is 48.8 Å². The zero-order valence-electron chi connectivity index (χ0n) is 28.3. The van der Waals surface area contributed by atoms with E-state index in [2.05, 4.69) is 55.2 Å². The van der Waals surface area contributed by atoms with E-state index in [4.69, 9.17) is 4.55 Å². The smallest absolute Gasteiger partial charge is 0.264 e. The van der Waals surface area contributed by atoms with Gasteiger partial charge in [0.25, 0.3) is 10.1 Å². The van der Waals surface area contributed by atoms with Gasteiger partial charge in [-0.05, 0) is 48.9 Å². The fraction of sp³-hybridized carbons (Fsp3) is 0.600. The fourth-order valence-corrected chi connectivity index (χ4v) is 6.33. The zero-order chi connectivity index (χ0) is 34.5. The molecule has 2 rings (SSSR count). The Labute approximate surface area is 283 Å². The zero-order valence-corrected chi connectivity index (χ0v) is 29.9. The first kappa shape index (κ1) is 40.4. The molecule has 1 aromatic carbocycles. The Morgan fingerprint density at radius 3 is 1.77 bits per heavy atom. The number of anilines is 1. The number of carbonyl (C=O) groups excluding carboxylic acids is 1. The average molecular weight is 694 g/mol. The number of unbranched alkanes of at least 4 members (excludes halogenated alkanes) is 6. The normalized spacial score (nSPS) is 12.1. The Balaban J connectivity index is 1.89. The lowest BCUT2D eigenvalue weighted by Crippen LogP contribution is -2.36. The van der Waals surface area contributed by atoms with Crippen molar-refractivity contribution >= 4 is 44.0 Å². The van der Waals surface area contributed by atoms with Gasteiger partial charge in [-0.15, -0.1) is 0 Å². The molecule has 0 spiro atoms. The Hall–Kier alpha value is -2.80. The second-order valence-electron chi connectivity index (χ2n) is 12.1. The van der Waals surface area contributed by atoms with Crippen LogP contribution in [0.2, 0.25) is 0 Å². The summed E-state index contributed by atoms with van der Waals surface area (Å²) in [5.74, 6) is -1.37. The molecule has 0 aliphatic carbocycles. The molecule has 1 amide bonds. The van der Waals surface area contributed by atoms with Gasteiger partial charge >= 0.3 is 0 Å². The number of amides is 1. The van der Waals surface area contributed by atoms with Gasteiger partial charge in [-0.25, -0.2) is 13.0 Å². The van der Waals surface area contributed by atoms with E-state index in [0.717, 1.165) is 24.2 Å². The molecule has 2 aromatic rings. The van der Waals surface area contributed by atoms with E-state index in [1.165, 1.54) is 62.0 Å². The molecule has 0 aliphatic rings. The SMILES string of the molecule is CCCCCCN(CCCCCC)c1ccc(/C=C/c2cc[n+](CCCC(=O)N(CCCS(=O)(=O)[O-])CCCS(=O)(=O)O)cc2)cc1. The number of aryl methyl sites for hydroxylation is 1. The van der Waals surface area contributed by atoms with Gasteiger partial charge in [-0.2, -0.15) is 8.42 Å². The molecular formula is C35H55N3O7S2. The molecule has 0 atom stereocenters. The lowest BCUT2D eigenvalue weighted by Gasteiger charge is -2.25.